The Kier molecular flexibility index (Phi) is 5.62. The molecular weight excluding hydrogens is 373 g/mol. The molecule has 29 heavy (non-hydrogen) atoms. The number of halogens is 1. The molecule has 2 aromatic carbocycles. The number of para-hydroxylation sites is 2. The summed E-state index contributed by atoms with van der Waals surface area (Å²) in [7, 11) is 0. The number of ether oxygens (including phenoxy) is 1. The van der Waals surface area contributed by atoms with E-state index in [0.717, 1.165) is 18.8 Å². The number of carbonyl (C=O) groups is 1. The van der Waals surface area contributed by atoms with Crippen LogP contribution >= 0.6 is 0 Å². The van der Waals surface area contributed by atoms with Crippen molar-refractivity contribution in [1.82, 2.24) is 9.97 Å². The van der Waals surface area contributed by atoms with E-state index in [4.69, 9.17) is 4.74 Å². The third kappa shape index (κ3) is 4.67. The Morgan fingerprint density at radius 1 is 1.03 bits per heavy atom. The van der Waals surface area contributed by atoms with Gasteiger partial charge in [-0.25, -0.2) is 14.4 Å². The Bertz CT molecular complexity index is 1010. The number of rotatable bonds is 5. The highest BCUT2D eigenvalue weighted by Gasteiger charge is 2.17. The third-order valence-electron chi connectivity index (χ3n) is 4.50. The number of anilines is 4. The molecule has 0 saturated carbocycles. The quantitative estimate of drug-likeness (QED) is 0.691. The molecule has 1 aliphatic heterocycles. The molecule has 2 heterocycles. The molecule has 1 amide bonds. The second-order valence-corrected chi connectivity index (χ2v) is 6.49. The molecule has 8 heteroatoms. The van der Waals surface area contributed by atoms with E-state index < -0.39 is 0 Å². The highest BCUT2D eigenvalue weighted by atomic mass is 19.1. The van der Waals surface area contributed by atoms with Gasteiger partial charge in [-0.2, -0.15) is 0 Å². The monoisotopic (exact) mass is 393 g/mol. The minimum absolute atomic E-state index is 0.204. The van der Waals surface area contributed by atoms with Crippen molar-refractivity contribution in [2.75, 3.05) is 41.8 Å². The maximum absolute atomic E-state index is 13.4. The van der Waals surface area contributed by atoms with Crippen LogP contribution in [0.5, 0.6) is 0 Å². The van der Waals surface area contributed by atoms with Gasteiger partial charge in [0.25, 0.3) is 5.91 Å². The van der Waals surface area contributed by atoms with Crippen molar-refractivity contribution in [3.05, 3.63) is 72.4 Å². The summed E-state index contributed by atoms with van der Waals surface area (Å²) in [4.78, 5) is 23.1. The minimum atomic E-state index is -0.359. The van der Waals surface area contributed by atoms with Gasteiger partial charge < -0.3 is 20.3 Å². The summed E-state index contributed by atoms with van der Waals surface area (Å²) in [5.74, 6) is -0.311. The molecule has 7 nitrogen and oxygen atoms in total. The van der Waals surface area contributed by atoms with Gasteiger partial charge in [-0.15, -0.1) is 0 Å². The van der Waals surface area contributed by atoms with Crippen LogP contribution in [0.1, 0.15) is 10.5 Å². The number of hydrogen-bond donors (Lipinski definition) is 2. The van der Waals surface area contributed by atoms with Crippen LogP contribution in [0.25, 0.3) is 0 Å². The van der Waals surface area contributed by atoms with E-state index in [1.165, 1.54) is 24.5 Å². The molecule has 0 radical (unpaired) electrons. The summed E-state index contributed by atoms with van der Waals surface area (Å²) in [6.07, 6.45) is 1.30. The molecule has 0 atom stereocenters. The number of nitrogens with one attached hydrogen (secondary N) is 2. The summed E-state index contributed by atoms with van der Waals surface area (Å²) in [5, 5.41) is 5.90. The van der Waals surface area contributed by atoms with Crippen LogP contribution < -0.4 is 15.5 Å². The predicted molar refractivity (Wildman–Crippen MR) is 109 cm³/mol. The summed E-state index contributed by atoms with van der Waals surface area (Å²) >= 11 is 0. The average Bonchev–Trinajstić information content (AvgIpc) is 2.75. The highest BCUT2D eigenvalue weighted by Crippen LogP contribution is 2.27. The summed E-state index contributed by atoms with van der Waals surface area (Å²) in [5.41, 5.74) is 2.39. The van der Waals surface area contributed by atoms with Gasteiger partial charge in [0.2, 0.25) is 0 Å². The highest BCUT2D eigenvalue weighted by molar-refractivity contribution is 6.05. The second-order valence-electron chi connectivity index (χ2n) is 6.49. The Balaban J connectivity index is 1.51. The number of morpholine rings is 1. The standard InChI is InChI=1S/C21H20FN5O2/c22-15-4-3-5-16(12-15)25-20-13-18(23-14-24-20)21(28)26-17-6-1-2-7-19(17)27-8-10-29-11-9-27/h1-7,12-14H,8-11H2,(H,26,28)(H,23,24,25). The Morgan fingerprint density at radius 3 is 2.69 bits per heavy atom. The lowest BCUT2D eigenvalue weighted by Crippen LogP contribution is -2.36. The second kappa shape index (κ2) is 8.66. The van der Waals surface area contributed by atoms with E-state index in [9.17, 15) is 9.18 Å². The van der Waals surface area contributed by atoms with Crippen LogP contribution in [0.15, 0.2) is 60.9 Å². The lowest BCUT2D eigenvalue weighted by molar-refractivity contribution is 0.102. The molecule has 0 unspecified atom stereocenters. The molecule has 3 aromatic rings. The van der Waals surface area contributed by atoms with Gasteiger partial charge in [0.05, 0.1) is 24.6 Å². The molecule has 1 fully saturated rings. The first kappa shape index (κ1) is 18.8. The molecule has 1 aliphatic rings. The van der Waals surface area contributed by atoms with Gasteiger partial charge in [0, 0.05) is 24.8 Å². The first-order valence-corrected chi connectivity index (χ1v) is 9.27. The van der Waals surface area contributed by atoms with E-state index in [2.05, 4.69) is 25.5 Å². The first-order chi connectivity index (χ1) is 14.2. The largest absolute Gasteiger partial charge is 0.378 e. The van der Waals surface area contributed by atoms with Crippen LogP contribution in [0, 0.1) is 5.82 Å². The van der Waals surface area contributed by atoms with Crippen molar-refractivity contribution in [2.24, 2.45) is 0 Å². The minimum Gasteiger partial charge on any atom is -0.378 e. The fourth-order valence-corrected chi connectivity index (χ4v) is 3.11. The van der Waals surface area contributed by atoms with Gasteiger partial charge in [-0.05, 0) is 30.3 Å². The topological polar surface area (TPSA) is 79.4 Å². The summed E-state index contributed by atoms with van der Waals surface area (Å²) in [6.45, 7) is 2.84. The zero-order valence-corrected chi connectivity index (χ0v) is 15.6. The van der Waals surface area contributed by atoms with Crippen LogP contribution in [-0.4, -0.2) is 42.2 Å². The maximum Gasteiger partial charge on any atom is 0.274 e. The fraction of sp³-hybridized carbons (Fsp3) is 0.190. The number of amides is 1. The van der Waals surface area contributed by atoms with Crippen LogP contribution in [-0.2, 0) is 4.74 Å². The first-order valence-electron chi connectivity index (χ1n) is 9.27. The SMILES string of the molecule is O=C(Nc1ccccc1N1CCOCC1)c1cc(Nc2cccc(F)c2)ncn1. The molecule has 1 saturated heterocycles. The smallest absolute Gasteiger partial charge is 0.274 e. The number of hydrogen-bond acceptors (Lipinski definition) is 6. The van der Waals surface area contributed by atoms with E-state index in [1.807, 2.05) is 24.3 Å². The van der Waals surface area contributed by atoms with E-state index in [1.54, 1.807) is 12.1 Å². The van der Waals surface area contributed by atoms with Gasteiger partial charge in [-0.1, -0.05) is 18.2 Å². The fourth-order valence-electron chi connectivity index (χ4n) is 3.11. The predicted octanol–water partition coefficient (Wildman–Crippen LogP) is 3.45. The maximum atomic E-state index is 13.4. The van der Waals surface area contributed by atoms with Crippen LogP contribution in [0.3, 0.4) is 0 Å². The number of aromatic nitrogens is 2. The molecule has 0 spiro atoms. The van der Waals surface area contributed by atoms with Gasteiger partial charge in [-0.3, -0.25) is 4.79 Å². The van der Waals surface area contributed by atoms with Crippen molar-refractivity contribution < 1.29 is 13.9 Å². The molecule has 0 bridgehead atoms. The van der Waals surface area contributed by atoms with Crippen molar-refractivity contribution in [1.29, 1.82) is 0 Å². The lowest BCUT2D eigenvalue weighted by Gasteiger charge is -2.30. The molecule has 1 aromatic heterocycles. The zero-order chi connectivity index (χ0) is 20.1. The molecule has 148 valence electrons. The average molecular weight is 393 g/mol. The summed E-state index contributed by atoms with van der Waals surface area (Å²) in [6, 6.07) is 15.2. The van der Waals surface area contributed by atoms with Gasteiger partial charge in [0.15, 0.2) is 0 Å². The van der Waals surface area contributed by atoms with Gasteiger partial charge >= 0.3 is 0 Å². The number of benzene rings is 2. The molecule has 0 aliphatic carbocycles. The Labute approximate surface area is 167 Å². The van der Waals surface area contributed by atoms with Gasteiger partial charge in [0.1, 0.15) is 23.7 Å². The van der Waals surface area contributed by atoms with Crippen LogP contribution in [0.2, 0.25) is 0 Å². The zero-order valence-electron chi connectivity index (χ0n) is 15.6. The van der Waals surface area contributed by atoms with Crippen molar-refractivity contribution >= 4 is 28.8 Å². The van der Waals surface area contributed by atoms with E-state index in [-0.39, 0.29) is 17.4 Å². The van der Waals surface area contributed by atoms with Crippen LogP contribution in [0.4, 0.5) is 27.3 Å². The lowest BCUT2D eigenvalue weighted by atomic mass is 10.2. The molecule has 4 rings (SSSR count). The summed E-state index contributed by atoms with van der Waals surface area (Å²) < 4.78 is 18.8. The Hall–Kier alpha value is -3.52. The van der Waals surface area contributed by atoms with E-state index >= 15 is 0 Å². The normalized spacial score (nSPS) is 13.8. The molecular formula is C21H20FN5O2. The van der Waals surface area contributed by atoms with Crippen molar-refractivity contribution in [2.45, 2.75) is 0 Å². The third-order valence-corrected chi connectivity index (χ3v) is 4.50. The van der Waals surface area contributed by atoms with Crippen molar-refractivity contribution in [3.8, 4) is 0 Å². The van der Waals surface area contributed by atoms with Crippen molar-refractivity contribution in [3.63, 3.8) is 0 Å². The number of nitrogens with zero attached hydrogens (tertiary/aromatic N) is 3. The Morgan fingerprint density at radius 2 is 1.86 bits per heavy atom. The number of carbonyl (C=O) groups excluding carboxylic acids is 1. The molecule has 2 N–H and O–H groups in total. The van der Waals surface area contributed by atoms with E-state index in [0.29, 0.717) is 30.4 Å².